The standard InChI is InChI=1S/C31H37N3O5S/c1-24(31(36)32-26-14-9-10-15-26)33(21-20-25-12-5-3-6-13-25)30(35)23-34(27-16-11-17-28(22-27)39-2)40(37,38)29-18-7-4-8-19-29/h3-8,11-13,16-19,22,24,26H,9-10,14-15,20-21,23H2,1-2H3,(H,32,36). The Labute approximate surface area is 237 Å². The molecule has 2 amide bonds. The summed E-state index contributed by atoms with van der Waals surface area (Å²) in [6.07, 6.45) is 4.52. The Morgan fingerprint density at radius 2 is 1.60 bits per heavy atom. The Bertz CT molecular complexity index is 1380. The highest BCUT2D eigenvalue weighted by atomic mass is 32.2. The monoisotopic (exact) mass is 563 g/mol. The molecule has 1 atom stereocenters. The number of sulfonamides is 1. The molecule has 0 spiro atoms. The average Bonchev–Trinajstić information content (AvgIpc) is 3.50. The molecule has 1 fully saturated rings. The van der Waals surface area contributed by atoms with Gasteiger partial charge in [0.05, 0.1) is 17.7 Å². The van der Waals surface area contributed by atoms with Gasteiger partial charge in [0.15, 0.2) is 0 Å². The SMILES string of the molecule is COc1cccc(N(CC(=O)N(CCc2ccccc2)C(C)C(=O)NC2CCCC2)S(=O)(=O)c2ccccc2)c1. The van der Waals surface area contributed by atoms with E-state index in [9.17, 15) is 18.0 Å². The van der Waals surface area contributed by atoms with Crippen LogP contribution in [-0.2, 0) is 26.0 Å². The molecular formula is C31H37N3O5S. The largest absolute Gasteiger partial charge is 0.497 e. The lowest BCUT2D eigenvalue weighted by atomic mass is 10.1. The number of benzene rings is 3. The predicted octanol–water partition coefficient (Wildman–Crippen LogP) is 4.41. The molecule has 212 valence electrons. The third-order valence-corrected chi connectivity index (χ3v) is 9.09. The van der Waals surface area contributed by atoms with E-state index in [2.05, 4.69) is 5.32 Å². The second kappa shape index (κ2) is 13.5. The highest BCUT2D eigenvalue weighted by Gasteiger charge is 2.33. The van der Waals surface area contributed by atoms with Crippen molar-refractivity contribution in [3.63, 3.8) is 0 Å². The number of nitrogens with one attached hydrogen (secondary N) is 1. The van der Waals surface area contributed by atoms with E-state index in [0.717, 1.165) is 35.6 Å². The fourth-order valence-corrected chi connectivity index (χ4v) is 6.40. The van der Waals surface area contributed by atoms with E-state index in [1.54, 1.807) is 49.4 Å². The molecule has 8 nitrogen and oxygen atoms in total. The summed E-state index contributed by atoms with van der Waals surface area (Å²) in [5.41, 5.74) is 1.31. The van der Waals surface area contributed by atoms with Crippen molar-refractivity contribution >= 4 is 27.5 Å². The zero-order valence-corrected chi connectivity index (χ0v) is 23.8. The summed E-state index contributed by atoms with van der Waals surface area (Å²) < 4.78 is 34.1. The first kappa shape index (κ1) is 29.1. The fourth-order valence-electron chi connectivity index (χ4n) is 4.98. The van der Waals surface area contributed by atoms with Crippen molar-refractivity contribution in [2.45, 2.75) is 56.0 Å². The topological polar surface area (TPSA) is 96.0 Å². The van der Waals surface area contributed by atoms with Crippen LogP contribution in [0.4, 0.5) is 5.69 Å². The maximum atomic E-state index is 14.0. The molecule has 1 N–H and O–H groups in total. The molecule has 0 bridgehead atoms. The third kappa shape index (κ3) is 7.21. The number of ether oxygens (including phenoxy) is 1. The number of nitrogens with zero attached hydrogens (tertiary/aromatic N) is 2. The van der Waals surface area contributed by atoms with Crippen LogP contribution in [0, 0.1) is 0 Å². The fraction of sp³-hybridized carbons (Fsp3) is 0.355. The smallest absolute Gasteiger partial charge is 0.264 e. The zero-order valence-electron chi connectivity index (χ0n) is 23.0. The highest BCUT2D eigenvalue weighted by Crippen LogP contribution is 2.27. The summed E-state index contributed by atoms with van der Waals surface area (Å²) in [5, 5.41) is 3.09. The van der Waals surface area contributed by atoms with Crippen molar-refractivity contribution in [2.24, 2.45) is 0 Å². The maximum absolute atomic E-state index is 14.0. The molecule has 1 unspecified atom stereocenters. The van der Waals surface area contributed by atoms with Gasteiger partial charge < -0.3 is 15.0 Å². The minimum atomic E-state index is -4.11. The summed E-state index contributed by atoms with van der Waals surface area (Å²) in [4.78, 5) is 28.8. The second-order valence-electron chi connectivity index (χ2n) is 10.0. The van der Waals surface area contributed by atoms with Gasteiger partial charge in [-0.1, -0.05) is 67.4 Å². The molecule has 0 aromatic heterocycles. The van der Waals surface area contributed by atoms with Crippen molar-refractivity contribution in [1.29, 1.82) is 0 Å². The molecule has 1 aliphatic rings. The van der Waals surface area contributed by atoms with Gasteiger partial charge in [0.25, 0.3) is 10.0 Å². The van der Waals surface area contributed by atoms with Crippen molar-refractivity contribution in [3.05, 3.63) is 90.5 Å². The molecular weight excluding hydrogens is 526 g/mol. The van der Waals surface area contributed by atoms with Gasteiger partial charge in [-0.15, -0.1) is 0 Å². The van der Waals surface area contributed by atoms with Crippen molar-refractivity contribution in [2.75, 3.05) is 24.5 Å². The van der Waals surface area contributed by atoms with Crippen LogP contribution in [-0.4, -0.2) is 57.4 Å². The van der Waals surface area contributed by atoms with E-state index in [0.29, 0.717) is 17.9 Å². The summed E-state index contributed by atoms with van der Waals surface area (Å²) in [6, 6.07) is 23.6. The van der Waals surface area contributed by atoms with Gasteiger partial charge in [0.2, 0.25) is 11.8 Å². The lowest BCUT2D eigenvalue weighted by Gasteiger charge is -2.32. The number of hydrogen-bond donors (Lipinski definition) is 1. The molecule has 3 aromatic carbocycles. The van der Waals surface area contributed by atoms with Crippen molar-refractivity contribution in [3.8, 4) is 5.75 Å². The second-order valence-corrected chi connectivity index (χ2v) is 11.9. The molecule has 3 aromatic rings. The minimum Gasteiger partial charge on any atom is -0.497 e. The van der Waals surface area contributed by atoms with Gasteiger partial charge in [-0.25, -0.2) is 8.42 Å². The van der Waals surface area contributed by atoms with Crippen LogP contribution < -0.4 is 14.4 Å². The molecule has 1 aliphatic carbocycles. The molecule has 0 aliphatic heterocycles. The van der Waals surface area contributed by atoms with E-state index in [4.69, 9.17) is 4.74 Å². The quantitative estimate of drug-likeness (QED) is 0.352. The predicted molar refractivity (Wildman–Crippen MR) is 156 cm³/mol. The van der Waals surface area contributed by atoms with Crippen LogP contribution >= 0.6 is 0 Å². The van der Waals surface area contributed by atoms with E-state index >= 15 is 0 Å². The Kier molecular flexibility index (Phi) is 9.82. The first-order valence-corrected chi connectivity index (χ1v) is 15.1. The molecule has 0 heterocycles. The third-order valence-electron chi connectivity index (χ3n) is 7.30. The van der Waals surface area contributed by atoms with Gasteiger partial charge in [0.1, 0.15) is 18.3 Å². The molecule has 40 heavy (non-hydrogen) atoms. The van der Waals surface area contributed by atoms with Crippen LogP contribution in [0.5, 0.6) is 5.75 Å². The lowest BCUT2D eigenvalue weighted by Crippen LogP contribution is -2.53. The Morgan fingerprint density at radius 3 is 2.25 bits per heavy atom. The first-order chi connectivity index (χ1) is 19.3. The van der Waals surface area contributed by atoms with Crippen LogP contribution in [0.15, 0.2) is 89.8 Å². The minimum absolute atomic E-state index is 0.0634. The van der Waals surface area contributed by atoms with Crippen LogP contribution in [0.2, 0.25) is 0 Å². The summed E-state index contributed by atoms with van der Waals surface area (Å²) in [5.74, 6) is -0.233. The number of hydrogen-bond acceptors (Lipinski definition) is 5. The van der Waals surface area contributed by atoms with Crippen LogP contribution in [0.3, 0.4) is 0 Å². The van der Waals surface area contributed by atoms with Gasteiger partial charge in [-0.2, -0.15) is 0 Å². The van der Waals surface area contributed by atoms with E-state index in [1.807, 2.05) is 30.3 Å². The summed E-state index contributed by atoms with van der Waals surface area (Å²) in [7, 11) is -2.61. The van der Waals surface area contributed by atoms with Crippen molar-refractivity contribution in [1.82, 2.24) is 10.2 Å². The average molecular weight is 564 g/mol. The van der Waals surface area contributed by atoms with Crippen LogP contribution in [0.25, 0.3) is 0 Å². The Morgan fingerprint density at radius 1 is 0.950 bits per heavy atom. The van der Waals surface area contributed by atoms with Gasteiger partial charge in [-0.3, -0.25) is 13.9 Å². The summed E-state index contributed by atoms with van der Waals surface area (Å²) in [6.45, 7) is 1.49. The van der Waals surface area contributed by atoms with Crippen molar-refractivity contribution < 1.29 is 22.7 Å². The lowest BCUT2D eigenvalue weighted by molar-refractivity contribution is -0.139. The molecule has 0 radical (unpaired) electrons. The molecule has 1 saturated carbocycles. The van der Waals surface area contributed by atoms with E-state index < -0.39 is 28.5 Å². The van der Waals surface area contributed by atoms with E-state index in [1.165, 1.54) is 24.1 Å². The van der Waals surface area contributed by atoms with Crippen LogP contribution in [0.1, 0.15) is 38.2 Å². The highest BCUT2D eigenvalue weighted by molar-refractivity contribution is 7.92. The number of carbonyl (C=O) groups excluding carboxylic acids is 2. The molecule has 0 saturated heterocycles. The van der Waals surface area contributed by atoms with E-state index in [-0.39, 0.29) is 23.4 Å². The number of anilines is 1. The number of methoxy groups -OCH3 is 1. The molecule has 9 heteroatoms. The number of rotatable bonds is 12. The number of amides is 2. The summed E-state index contributed by atoms with van der Waals surface area (Å²) >= 11 is 0. The normalized spacial score (nSPS) is 14.3. The number of carbonyl (C=O) groups is 2. The Balaban J connectivity index is 1.64. The zero-order chi connectivity index (χ0) is 28.5. The van der Waals surface area contributed by atoms with Gasteiger partial charge >= 0.3 is 0 Å². The maximum Gasteiger partial charge on any atom is 0.264 e. The first-order valence-electron chi connectivity index (χ1n) is 13.6. The van der Waals surface area contributed by atoms with Gasteiger partial charge in [0, 0.05) is 18.7 Å². The molecule has 4 rings (SSSR count). The Hall–Kier alpha value is -3.85. The van der Waals surface area contributed by atoms with Gasteiger partial charge in [-0.05, 0) is 56.0 Å².